The second-order valence-electron chi connectivity index (χ2n) is 2.92. The Hall–Kier alpha value is -1.94. The van der Waals surface area contributed by atoms with E-state index in [4.69, 9.17) is 5.84 Å². The van der Waals surface area contributed by atoms with Crippen LogP contribution in [-0.4, -0.2) is 38.1 Å². The van der Waals surface area contributed by atoms with Gasteiger partial charge in [-0.05, 0) is 6.42 Å². The Bertz CT molecular complexity index is 317. The quantitative estimate of drug-likeness (QED) is 0.267. The van der Waals surface area contributed by atoms with Crippen LogP contribution in [0.1, 0.15) is 12.2 Å². The van der Waals surface area contributed by atoms with E-state index in [1.54, 1.807) is 0 Å². The van der Waals surface area contributed by atoms with Gasteiger partial charge in [-0.15, -0.1) is 20.8 Å². The van der Waals surface area contributed by atoms with E-state index in [1.807, 2.05) is 0 Å². The van der Waals surface area contributed by atoms with Gasteiger partial charge in [-0.25, -0.2) is 11.4 Å². The molecule has 1 aromatic rings. The fourth-order valence-electron chi connectivity index (χ4n) is 1.13. The van der Waals surface area contributed by atoms with Crippen molar-refractivity contribution >= 4 is 5.96 Å². The summed E-state index contributed by atoms with van der Waals surface area (Å²) >= 11 is 0. The predicted octanol–water partition coefficient (Wildman–Crippen LogP) is -2.81. The molecule has 1 aliphatic rings. The minimum Gasteiger partial charge on any atom is -0.278 e. The summed E-state index contributed by atoms with van der Waals surface area (Å²) in [6, 6.07) is 0. The Morgan fingerprint density at radius 2 is 2.33 bits per heavy atom. The molecule has 10 nitrogen and oxygen atoms in total. The van der Waals surface area contributed by atoms with Gasteiger partial charge in [0.05, 0.1) is 0 Å². The van der Waals surface area contributed by atoms with E-state index in [0.29, 0.717) is 18.3 Å². The molecule has 0 atom stereocenters. The van der Waals surface area contributed by atoms with Crippen LogP contribution in [0.2, 0.25) is 0 Å². The van der Waals surface area contributed by atoms with Gasteiger partial charge in [0.2, 0.25) is 5.96 Å². The van der Waals surface area contributed by atoms with Crippen LogP contribution in [0, 0.1) is 0 Å². The van der Waals surface area contributed by atoms with Crippen molar-refractivity contribution in [3.63, 3.8) is 0 Å². The van der Waals surface area contributed by atoms with Gasteiger partial charge < -0.3 is 0 Å². The molecule has 1 aromatic heterocycles. The normalized spacial score (nSPS) is 14.3. The number of hydrazone groups is 1. The van der Waals surface area contributed by atoms with Crippen LogP contribution in [0.4, 0.5) is 0 Å². The van der Waals surface area contributed by atoms with Gasteiger partial charge in [0.25, 0.3) is 0 Å². The zero-order valence-electron chi connectivity index (χ0n) is 7.93. The molecule has 0 aromatic carbocycles. The topological polar surface area (TPSA) is 132 Å². The molecule has 82 valence electrons. The average molecular weight is 212 g/mol. The summed E-state index contributed by atoms with van der Waals surface area (Å²) in [6.45, 7) is 0.643. The number of aromatic nitrogens is 4. The third kappa shape index (κ3) is 2.51. The summed E-state index contributed by atoms with van der Waals surface area (Å²) in [5.74, 6) is 6.94. The molecule has 0 aliphatic carbocycles. The van der Waals surface area contributed by atoms with Crippen molar-refractivity contribution in [2.75, 3.05) is 6.54 Å². The van der Waals surface area contributed by atoms with Crippen molar-refractivity contribution in [1.82, 2.24) is 42.1 Å². The maximum atomic E-state index is 5.71. The van der Waals surface area contributed by atoms with Crippen LogP contribution in [-0.2, 0) is 6.42 Å². The number of nitrogens with zero attached hydrogens (tertiary/aromatic N) is 5. The average Bonchev–Trinajstić information content (AvgIpc) is 2.90. The predicted molar refractivity (Wildman–Crippen MR) is 50.2 cm³/mol. The summed E-state index contributed by atoms with van der Waals surface area (Å²) in [6.07, 6.45) is 1.54. The first-order chi connectivity index (χ1) is 7.36. The number of H-pyrrole nitrogens is 1. The smallest absolute Gasteiger partial charge is 0.247 e. The molecule has 0 spiro atoms. The second kappa shape index (κ2) is 4.52. The van der Waals surface area contributed by atoms with Crippen molar-refractivity contribution in [2.45, 2.75) is 12.8 Å². The molecule has 2 rings (SSSR count). The molecule has 2 heterocycles. The van der Waals surface area contributed by atoms with Crippen LogP contribution < -0.4 is 22.3 Å². The van der Waals surface area contributed by atoms with Crippen molar-refractivity contribution in [2.24, 2.45) is 10.9 Å². The standard InChI is InChI=1S/C5H12N10/c6-15(5-9-13-14-10-5)3-1-2-4-7-11-12-8-4/h13-14H,1-3,6H2,(H,9,10)(H,7,8,11,12). The zero-order chi connectivity index (χ0) is 10.5. The van der Waals surface area contributed by atoms with Gasteiger partial charge in [0.15, 0.2) is 5.82 Å². The number of nitrogens with one attached hydrogen (secondary N) is 4. The molecule has 6 N–H and O–H groups in total. The molecule has 0 unspecified atom stereocenters. The SMILES string of the molecule is NN(CCCc1nn[nH]n1)C1=NNNN1. The number of aryl methyl sites for hydroxylation is 1. The summed E-state index contributed by atoms with van der Waals surface area (Å²) in [4.78, 5) is 0. The van der Waals surface area contributed by atoms with E-state index in [-0.39, 0.29) is 0 Å². The highest BCUT2D eigenvalue weighted by atomic mass is 15.8. The van der Waals surface area contributed by atoms with Gasteiger partial charge in [-0.2, -0.15) is 5.21 Å². The molecule has 10 heteroatoms. The molecule has 15 heavy (non-hydrogen) atoms. The van der Waals surface area contributed by atoms with Crippen molar-refractivity contribution < 1.29 is 0 Å². The lowest BCUT2D eigenvalue weighted by molar-refractivity contribution is 0.412. The Balaban J connectivity index is 1.69. The number of nitrogens with two attached hydrogens (primary N) is 1. The van der Waals surface area contributed by atoms with Gasteiger partial charge >= 0.3 is 0 Å². The van der Waals surface area contributed by atoms with Gasteiger partial charge in [0, 0.05) is 13.0 Å². The third-order valence-corrected chi connectivity index (χ3v) is 1.85. The second-order valence-corrected chi connectivity index (χ2v) is 2.92. The lowest BCUT2D eigenvalue weighted by Crippen LogP contribution is -2.47. The number of aromatic amines is 1. The van der Waals surface area contributed by atoms with E-state index in [0.717, 1.165) is 12.8 Å². The molecule has 0 fully saturated rings. The monoisotopic (exact) mass is 212 g/mol. The molecule has 0 amide bonds. The van der Waals surface area contributed by atoms with E-state index >= 15 is 0 Å². The first-order valence-electron chi connectivity index (χ1n) is 4.44. The molecular formula is C5H12N10. The van der Waals surface area contributed by atoms with Crippen molar-refractivity contribution in [3.05, 3.63) is 5.82 Å². The Morgan fingerprint density at radius 1 is 1.40 bits per heavy atom. The third-order valence-electron chi connectivity index (χ3n) is 1.85. The van der Waals surface area contributed by atoms with Crippen molar-refractivity contribution in [3.8, 4) is 0 Å². The lowest BCUT2D eigenvalue weighted by Gasteiger charge is -2.15. The van der Waals surface area contributed by atoms with Crippen LogP contribution in [0.25, 0.3) is 0 Å². The van der Waals surface area contributed by atoms with Crippen LogP contribution in [0.15, 0.2) is 5.10 Å². The highest BCUT2D eigenvalue weighted by Crippen LogP contribution is 1.94. The number of rotatable bonds is 4. The largest absolute Gasteiger partial charge is 0.278 e. The maximum absolute atomic E-state index is 5.71. The summed E-state index contributed by atoms with van der Waals surface area (Å²) in [5, 5.41) is 18.9. The summed E-state index contributed by atoms with van der Waals surface area (Å²) < 4.78 is 0. The van der Waals surface area contributed by atoms with E-state index in [2.05, 4.69) is 42.2 Å². The molecule has 0 saturated carbocycles. The summed E-state index contributed by atoms with van der Waals surface area (Å²) in [5.41, 5.74) is 7.85. The maximum Gasteiger partial charge on any atom is 0.247 e. The van der Waals surface area contributed by atoms with E-state index in [1.165, 1.54) is 5.01 Å². The molecule has 1 aliphatic heterocycles. The lowest BCUT2D eigenvalue weighted by atomic mass is 10.3. The van der Waals surface area contributed by atoms with E-state index < -0.39 is 0 Å². The Kier molecular flexibility index (Phi) is 2.90. The molecule has 0 radical (unpaired) electrons. The molecule has 0 bridgehead atoms. The number of hydrazine groups is 3. The van der Waals surface area contributed by atoms with E-state index in [9.17, 15) is 0 Å². The first kappa shape index (κ1) is 9.61. The highest BCUT2D eigenvalue weighted by molar-refractivity contribution is 5.79. The fraction of sp³-hybridized carbons (Fsp3) is 0.600. The van der Waals surface area contributed by atoms with Crippen molar-refractivity contribution in [1.29, 1.82) is 0 Å². The number of tetrazole rings is 1. The minimum absolute atomic E-state index is 0.545. The number of hydrogen-bond acceptors (Lipinski definition) is 9. The minimum atomic E-state index is 0.545. The number of guanidine groups is 1. The Labute approximate surface area is 85.2 Å². The fourth-order valence-corrected chi connectivity index (χ4v) is 1.13. The van der Waals surface area contributed by atoms with Gasteiger partial charge in [-0.1, -0.05) is 5.21 Å². The van der Waals surface area contributed by atoms with Gasteiger partial charge in [-0.3, -0.25) is 10.4 Å². The zero-order valence-corrected chi connectivity index (χ0v) is 7.93. The van der Waals surface area contributed by atoms with Crippen LogP contribution in [0.3, 0.4) is 0 Å². The number of hydrogen-bond donors (Lipinski definition) is 5. The van der Waals surface area contributed by atoms with Gasteiger partial charge in [0.1, 0.15) is 0 Å². The Morgan fingerprint density at radius 3 is 3.00 bits per heavy atom. The molecule has 0 saturated heterocycles. The van der Waals surface area contributed by atoms with Crippen LogP contribution >= 0.6 is 0 Å². The summed E-state index contributed by atoms with van der Waals surface area (Å²) in [7, 11) is 0. The first-order valence-corrected chi connectivity index (χ1v) is 4.44. The van der Waals surface area contributed by atoms with Crippen LogP contribution in [0.5, 0.6) is 0 Å². The molecular weight excluding hydrogens is 200 g/mol. The highest BCUT2D eigenvalue weighted by Gasteiger charge is 2.10.